The van der Waals surface area contributed by atoms with Gasteiger partial charge in [-0.05, 0) is 6.92 Å². The van der Waals surface area contributed by atoms with Gasteiger partial charge in [-0.3, -0.25) is 44.0 Å². The molecule has 0 aromatic heterocycles. The van der Waals surface area contributed by atoms with Crippen LogP contribution in [0.25, 0.3) is 0 Å². The van der Waals surface area contributed by atoms with Gasteiger partial charge in [0.15, 0.2) is 0 Å². The average molecular weight is 506 g/mol. The van der Waals surface area contributed by atoms with Crippen LogP contribution in [-0.2, 0) is 28.7 Å². The first-order valence-corrected chi connectivity index (χ1v) is 10.7. The molecule has 0 spiro atoms. The quantitative estimate of drug-likeness (QED) is 0.0508. The fourth-order valence-electron chi connectivity index (χ4n) is 2.82. The Kier molecular flexibility index (Phi) is 16.4. The molecule has 0 heterocycles. The summed E-state index contributed by atoms with van der Waals surface area (Å²) in [7, 11) is 0. The maximum atomic E-state index is 12.2. The SMILES string of the molecule is C=C(C)OCNCCNC(=O)CN(CCN(CCN(CC(=O)O)CC(=O)O)CC(=O)O)CC(=O)O. The lowest BCUT2D eigenvalue weighted by Gasteiger charge is -2.27. The second-order valence-corrected chi connectivity index (χ2v) is 7.61. The Morgan fingerprint density at radius 1 is 0.686 bits per heavy atom. The molecule has 0 aliphatic rings. The number of hydrogen-bond donors (Lipinski definition) is 6. The molecule has 0 rings (SSSR count). The molecule has 0 aliphatic heterocycles. The Labute approximate surface area is 202 Å². The van der Waals surface area contributed by atoms with E-state index in [4.69, 9.17) is 25.2 Å². The number of carbonyl (C=O) groups excluding carboxylic acids is 1. The Morgan fingerprint density at radius 3 is 1.51 bits per heavy atom. The second kappa shape index (κ2) is 18.1. The van der Waals surface area contributed by atoms with Crippen LogP contribution in [0.15, 0.2) is 12.3 Å². The normalized spacial score (nSPS) is 11.0. The monoisotopic (exact) mass is 505 g/mol. The number of nitrogens with one attached hydrogen (secondary N) is 2. The minimum absolute atomic E-state index is 0.0257. The summed E-state index contributed by atoms with van der Waals surface area (Å²) >= 11 is 0. The third kappa shape index (κ3) is 19.9. The highest BCUT2D eigenvalue weighted by Gasteiger charge is 2.19. The van der Waals surface area contributed by atoms with Crippen molar-refractivity contribution in [2.24, 2.45) is 0 Å². The molecule has 200 valence electrons. The van der Waals surface area contributed by atoms with Crippen LogP contribution in [0.2, 0.25) is 0 Å². The summed E-state index contributed by atoms with van der Waals surface area (Å²) < 4.78 is 5.11. The molecule has 0 aromatic rings. The Morgan fingerprint density at radius 2 is 1.09 bits per heavy atom. The van der Waals surface area contributed by atoms with E-state index in [-0.39, 0.29) is 46.0 Å². The van der Waals surface area contributed by atoms with Gasteiger partial charge >= 0.3 is 23.9 Å². The first kappa shape index (κ1) is 31.7. The molecule has 15 heteroatoms. The van der Waals surface area contributed by atoms with E-state index in [2.05, 4.69) is 17.2 Å². The van der Waals surface area contributed by atoms with Crippen molar-refractivity contribution in [1.82, 2.24) is 25.3 Å². The summed E-state index contributed by atoms with van der Waals surface area (Å²) in [4.78, 5) is 60.3. The van der Waals surface area contributed by atoms with Crippen molar-refractivity contribution in [3.8, 4) is 0 Å². The minimum atomic E-state index is -1.23. The van der Waals surface area contributed by atoms with Gasteiger partial charge in [-0.25, -0.2) is 0 Å². The van der Waals surface area contributed by atoms with Crippen LogP contribution < -0.4 is 10.6 Å². The van der Waals surface area contributed by atoms with Crippen LogP contribution in [0.4, 0.5) is 0 Å². The van der Waals surface area contributed by atoms with Crippen molar-refractivity contribution < 1.29 is 49.1 Å². The number of carbonyl (C=O) groups is 5. The summed E-state index contributed by atoms with van der Waals surface area (Å²) in [5.41, 5.74) is 0. The van der Waals surface area contributed by atoms with Gasteiger partial charge in [-0.15, -0.1) is 0 Å². The van der Waals surface area contributed by atoms with E-state index in [1.165, 1.54) is 9.80 Å². The van der Waals surface area contributed by atoms with Gasteiger partial charge in [0, 0.05) is 39.3 Å². The minimum Gasteiger partial charge on any atom is -0.484 e. The van der Waals surface area contributed by atoms with Gasteiger partial charge < -0.3 is 30.5 Å². The molecule has 0 fully saturated rings. The molecule has 1 amide bonds. The van der Waals surface area contributed by atoms with Gasteiger partial charge in [0.1, 0.15) is 6.73 Å². The largest absolute Gasteiger partial charge is 0.484 e. The predicted molar refractivity (Wildman–Crippen MR) is 122 cm³/mol. The lowest BCUT2D eigenvalue weighted by Crippen LogP contribution is -2.47. The zero-order valence-electron chi connectivity index (χ0n) is 19.8. The molecule has 35 heavy (non-hydrogen) atoms. The van der Waals surface area contributed by atoms with Gasteiger partial charge in [-0.1, -0.05) is 6.58 Å². The maximum Gasteiger partial charge on any atom is 0.317 e. The third-order valence-electron chi connectivity index (χ3n) is 4.31. The molecule has 0 radical (unpaired) electrons. The fourth-order valence-corrected chi connectivity index (χ4v) is 2.82. The number of carboxylic acid groups (broad SMARTS) is 4. The van der Waals surface area contributed by atoms with Crippen LogP contribution in [0.5, 0.6) is 0 Å². The molecule has 15 nitrogen and oxygen atoms in total. The summed E-state index contributed by atoms with van der Waals surface area (Å²) in [6.45, 7) is 4.07. The van der Waals surface area contributed by atoms with Gasteiger partial charge in [0.2, 0.25) is 5.91 Å². The van der Waals surface area contributed by atoms with Gasteiger partial charge in [-0.2, -0.15) is 0 Å². The topological polar surface area (TPSA) is 209 Å². The summed E-state index contributed by atoms with van der Waals surface area (Å²) in [5.74, 6) is -4.68. The smallest absolute Gasteiger partial charge is 0.317 e. The number of allylic oxidation sites excluding steroid dienone is 1. The molecular weight excluding hydrogens is 470 g/mol. The molecule has 0 unspecified atom stereocenters. The van der Waals surface area contributed by atoms with Crippen molar-refractivity contribution in [2.75, 3.05) is 78.7 Å². The highest BCUT2D eigenvalue weighted by molar-refractivity contribution is 5.79. The second-order valence-electron chi connectivity index (χ2n) is 7.61. The van der Waals surface area contributed by atoms with Crippen LogP contribution in [0.3, 0.4) is 0 Å². The van der Waals surface area contributed by atoms with Crippen LogP contribution in [0.1, 0.15) is 6.92 Å². The standard InChI is InChI=1S/C20H35N5O10/c1-15(2)35-14-21-3-4-22-16(26)9-24(11-18(29)30)7-5-23(10-17(27)28)6-8-25(12-19(31)32)13-20(33)34/h21H,1,3-14H2,2H3,(H,22,26)(H,27,28)(H,29,30)(H,31,32)(H,33,34). The highest BCUT2D eigenvalue weighted by Crippen LogP contribution is 1.97. The zero-order valence-corrected chi connectivity index (χ0v) is 19.8. The third-order valence-corrected chi connectivity index (χ3v) is 4.31. The van der Waals surface area contributed by atoms with E-state index >= 15 is 0 Å². The summed E-state index contributed by atoms with van der Waals surface area (Å²) in [5, 5.41) is 41.7. The number of carboxylic acids is 4. The molecule has 0 aliphatic carbocycles. The van der Waals surface area contributed by atoms with E-state index in [1.807, 2.05) is 0 Å². The molecule has 0 saturated carbocycles. The van der Waals surface area contributed by atoms with E-state index in [0.717, 1.165) is 4.90 Å². The maximum absolute atomic E-state index is 12.2. The fraction of sp³-hybridized carbons (Fsp3) is 0.650. The van der Waals surface area contributed by atoms with Crippen molar-refractivity contribution in [3.63, 3.8) is 0 Å². The molecule has 0 saturated heterocycles. The molecule has 0 aromatic carbocycles. The number of nitrogens with zero attached hydrogens (tertiary/aromatic N) is 3. The predicted octanol–water partition coefficient (Wildman–Crippen LogP) is -2.56. The van der Waals surface area contributed by atoms with Crippen LogP contribution >= 0.6 is 0 Å². The number of aliphatic carboxylic acids is 4. The number of amides is 1. The Balaban J connectivity index is 4.80. The van der Waals surface area contributed by atoms with Crippen LogP contribution in [0, 0.1) is 0 Å². The number of hydrogen-bond acceptors (Lipinski definition) is 10. The number of rotatable bonds is 22. The van der Waals surface area contributed by atoms with Gasteiger partial charge in [0.05, 0.1) is 38.5 Å². The Hall–Kier alpha value is -3.27. The van der Waals surface area contributed by atoms with E-state index < -0.39 is 56.0 Å². The summed E-state index contributed by atoms with van der Waals surface area (Å²) in [6.07, 6.45) is 0. The van der Waals surface area contributed by atoms with Crippen molar-refractivity contribution >= 4 is 29.8 Å². The highest BCUT2D eigenvalue weighted by atomic mass is 16.5. The first-order chi connectivity index (χ1) is 16.4. The summed E-state index contributed by atoms with van der Waals surface area (Å²) in [6, 6.07) is 0. The molecule has 6 N–H and O–H groups in total. The van der Waals surface area contributed by atoms with Crippen molar-refractivity contribution in [3.05, 3.63) is 12.3 Å². The van der Waals surface area contributed by atoms with E-state index in [9.17, 15) is 24.0 Å². The van der Waals surface area contributed by atoms with E-state index in [1.54, 1.807) is 6.92 Å². The Bertz CT molecular complexity index is 717. The lowest BCUT2D eigenvalue weighted by molar-refractivity contribution is -0.143. The zero-order chi connectivity index (χ0) is 26.8. The van der Waals surface area contributed by atoms with Crippen molar-refractivity contribution in [1.29, 1.82) is 0 Å². The average Bonchev–Trinajstić information content (AvgIpc) is 2.70. The van der Waals surface area contributed by atoms with E-state index in [0.29, 0.717) is 12.3 Å². The molecule has 0 bridgehead atoms. The lowest BCUT2D eigenvalue weighted by atomic mass is 10.3. The molecular formula is C20H35N5O10. The molecule has 0 atom stereocenters. The van der Waals surface area contributed by atoms with Crippen molar-refractivity contribution in [2.45, 2.75) is 6.92 Å². The van der Waals surface area contributed by atoms with Crippen LogP contribution in [-0.4, -0.2) is 144 Å². The first-order valence-electron chi connectivity index (χ1n) is 10.7. The number of ether oxygens (including phenoxy) is 1. The van der Waals surface area contributed by atoms with Gasteiger partial charge in [0.25, 0.3) is 0 Å².